The van der Waals surface area contributed by atoms with Gasteiger partial charge in [0.2, 0.25) is 17.7 Å². The maximum atomic E-state index is 11.8. The van der Waals surface area contributed by atoms with Gasteiger partial charge in [-0.15, -0.1) is 10.2 Å². The van der Waals surface area contributed by atoms with Gasteiger partial charge in [-0.25, -0.2) is 0 Å². The normalized spacial score (nSPS) is 16.9. The van der Waals surface area contributed by atoms with Crippen molar-refractivity contribution in [3.63, 3.8) is 0 Å². The minimum atomic E-state index is 0.264. The number of carbonyl (C=O) groups is 1. The van der Waals surface area contributed by atoms with E-state index < -0.39 is 0 Å². The maximum absolute atomic E-state index is 11.8. The Morgan fingerprint density at radius 2 is 1.95 bits per heavy atom. The van der Waals surface area contributed by atoms with Crippen LogP contribution in [0.4, 0.5) is 0 Å². The average Bonchev–Trinajstić information content (AvgIpc) is 2.88. The molecule has 1 aliphatic rings. The first-order valence-corrected chi connectivity index (χ1v) is 7.42. The molecule has 6 nitrogen and oxygen atoms in total. The van der Waals surface area contributed by atoms with Gasteiger partial charge < -0.3 is 9.32 Å². The zero-order chi connectivity index (χ0) is 14.5. The highest BCUT2D eigenvalue weighted by Gasteiger charge is 2.22. The Morgan fingerprint density at radius 3 is 2.50 bits per heavy atom. The van der Waals surface area contributed by atoms with Crippen LogP contribution in [0.5, 0.6) is 0 Å². The second-order valence-corrected chi connectivity index (χ2v) is 5.60. The number of piperazine rings is 1. The zero-order valence-electron chi connectivity index (χ0n) is 12.6. The first kappa shape index (κ1) is 15.0. The molecule has 1 aliphatic heterocycles. The van der Waals surface area contributed by atoms with Crippen LogP contribution in [0.25, 0.3) is 0 Å². The molecule has 0 aliphatic carbocycles. The lowest BCUT2D eigenvalue weighted by atomic mass is 10.2. The maximum Gasteiger partial charge on any atom is 0.230 e. The minimum absolute atomic E-state index is 0.264. The van der Waals surface area contributed by atoms with E-state index in [1.807, 2.05) is 25.7 Å². The van der Waals surface area contributed by atoms with Crippen molar-refractivity contribution in [3.05, 3.63) is 11.8 Å². The summed E-state index contributed by atoms with van der Waals surface area (Å²) in [5.41, 5.74) is 0. The van der Waals surface area contributed by atoms with Crippen molar-refractivity contribution in [3.8, 4) is 0 Å². The highest BCUT2D eigenvalue weighted by atomic mass is 16.4. The topological polar surface area (TPSA) is 62.5 Å². The third kappa shape index (κ3) is 3.79. The number of hydrogen-bond acceptors (Lipinski definition) is 5. The minimum Gasteiger partial charge on any atom is -0.424 e. The summed E-state index contributed by atoms with van der Waals surface area (Å²) in [6, 6.07) is 0. The predicted octanol–water partition coefficient (Wildman–Crippen LogP) is 1.64. The van der Waals surface area contributed by atoms with Crippen LogP contribution >= 0.6 is 0 Å². The number of rotatable bonds is 5. The van der Waals surface area contributed by atoms with Gasteiger partial charge in [0.05, 0.1) is 6.54 Å². The molecule has 1 aromatic heterocycles. The van der Waals surface area contributed by atoms with Crippen LogP contribution in [0.2, 0.25) is 0 Å². The summed E-state index contributed by atoms with van der Waals surface area (Å²) >= 11 is 0. The third-order valence-corrected chi connectivity index (χ3v) is 3.52. The lowest BCUT2D eigenvalue weighted by Crippen LogP contribution is -2.48. The summed E-state index contributed by atoms with van der Waals surface area (Å²) in [5.74, 6) is 1.89. The largest absolute Gasteiger partial charge is 0.424 e. The van der Waals surface area contributed by atoms with E-state index in [1.165, 1.54) is 0 Å². The van der Waals surface area contributed by atoms with E-state index in [2.05, 4.69) is 15.1 Å². The summed E-state index contributed by atoms with van der Waals surface area (Å²) in [6.07, 6.45) is 1.57. The fourth-order valence-electron chi connectivity index (χ4n) is 2.28. The van der Waals surface area contributed by atoms with Crippen LogP contribution in [0.3, 0.4) is 0 Å². The molecule has 0 saturated carbocycles. The Labute approximate surface area is 120 Å². The molecule has 6 heteroatoms. The highest BCUT2D eigenvalue weighted by molar-refractivity contribution is 5.76. The summed E-state index contributed by atoms with van der Waals surface area (Å²) in [4.78, 5) is 16.0. The van der Waals surface area contributed by atoms with E-state index in [4.69, 9.17) is 4.42 Å². The molecule has 0 atom stereocenters. The van der Waals surface area contributed by atoms with Gasteiger partial charge in [0, 0.05) is 38.5 Å². The van der Waals surface area contributed by atoms with Crippen molar-refractivity contribution in [1.29, 1.82) is 0 Å². The van der Waals surface area contributed by atoms with Crippen molar-refractivity contribution < 1.29 is 9.21 Å². The van der Waals surface area contributed by atoms with Crippen LogP contribution in [0, 0.1) is 0 Å². The van der Waals surface area contributed by atoms with Crippen LogP contribution in [0.1, 0.15) is 51.3 Å². The Balaban J connectivity index is 1.80. The Morgan fingerprint density at radius 1 is 1.25 bits per heavy atom. The highest BCUT2D eigenvalue weighted by Crippen LogP contribution is 2.14. The van der Waals surface area contributed by atoms with E-state index in [-0.39, 0.29) is 11.8 Å². The molecule has 20 heavy (non-hydrogen) atoms. The van der Waals surface area contributed by atoms with Crippen LogP contribution < -0.4 is 0 Å². The zero-order valence-corrected chi connectivity index (χ0v) is 12.6. The lowest BCUT2D eigenvalue weighted by Gasteiger charge is -2.34. The molecule has 2 rings (SSSR count). The molecule has 1 fully saturated rings. The molecule has 112 valence electrons. The van der Waals surface area contributed by atoms with Crippen molar-refractivity contribution in [1.82, 2.24) is 20.0 Å². The molecule has 2 heterocycles. The van der Waals surface area contributed by atoms with Crippen LogP contribution in [-0.2, 0) is 11.3 Å². The third-order valence-electron chi connectivity index (χ3n) is 3.52. The molecular formula is C14H24N4O2. The average molecular weight is 280 g/mol. The summed E-state index contributed by atoms with van der Waals surface area (Å²) < 4.78 is 5.62. The SMILES string of the molecule is CCCC(=O)N1CCN(Cc2nnc(C(C)C)o2)CC1. The number of hydrogen-bond donors (Lipinski definition) is 0. The van der Waals surface area contributed by atoms with Crippen molar-refractivity contribution in [2.24, 2.45) is 0 Å². The summed E-state index contributed by atoms with van der Waals surface area (Å²) in [6.45, 7) is 10.1. The van der Waals surface area contributed by atoms with Crippen LogP contribution in [-0.4, -0.2) is 52.1 Å². The molecule has 0 radical (unpaired) electrons. The van der Waals surface area contributed by atoms with E-state index in [0.29, 0.717) is 24.7 Å². The first-order valence-electron chi connectivity index (χ1n) is 7.42. The number of amides is 1. The fourth-order valence-corrected chi connectivity index (χ4v) is 2.28. The quantitative estimate of drug-likeness (QED) is 0.820. The predicted molar refractivity (Wildman–Crippen MR) is 75.2 cm³/mol. The van der Waals surface area contributed by atoms with E-state index >= 15 is 0 Å². The van der Waals surface area contributed by atoms with Gasteiger partial charge in [0.15, 0.2) is 0 Å². The fraction of sp³-hybridized carbons (Fsp3) is 0.786. The van der Waals surface area contributed by atoms with Gasteiger partial charge in [0.1, 0.15) is 0 Å². The molecule has 0 spiro atoms. The molecule has 0 aromatic carbocycles. The standard InChI is InChI=1S/C14H24N4O2/c1-4-5-13(19)18-8-6-17(7-9-18)10-12-15-16-14(20-12)11(2)3/h11H,4-10H2,1-3H3. The van der Waals surface area contributed by atoms with E-state index in [9.17, 15) is 4.79 Å². The first-order chi connectivity index (χ1) is 9.60. The number of nitrogens with zero attached hydrogens (tertiary/aromatic N) is 4. The molecule has 0 bridgehead atoms. The van der Waals surface area contributed by atoms with E-state index in [1.54, 1.807) is 0 Å². The second-order valence-electron chi connectivity index (χ2n) is 5.60. The molecule has 1 saturated heterocycles. The van der Waals surface area contributed by atoms with Crippen molar-refractivity contribution in [2.75, 3.05) is 26.2 Å². The molecule has 0 unspecified atom stereocenters. The lowest BCUT2D eigenvalue weighted by molar-refractivity contribution is -0.133. The van der Waals surface area contributed by atoms with Gasteiger partial charge in [-0.1, -0.05) is 20.8 Å². The number of aromatic nitrogens is 2. The Bertz CT molecular complexity index is 436. The molecule has 1 aromatic rings. The van der Waals surface area contributed by atoms with Gasteiger partial charge in [0.25, 0.3) is 0 Å². The molecule has 1 amide bonds. The smallest absolute Gasteiger partial charge is 0.230 e. The van der Waals surface area contributed by atoms with Crippen LogP contribution in [0.15, 0.2) is 4.42 Å². The second kappa shape index (κ2) is 6.83. The monoisotopic (exact) mass is 280 g/mol. The van der Waals surface area contributed by atoms with Crippen molar-refractivity contribution in [2.45, 2.75) is 46.1 Å². The number of carbonyl (C=O) groups excluding carboxylic acids is 1. The van der Waals surface area contributed by atoms with Gasteiger partial charge in [-0.05, 0) is 6.42 Å². The summed E-state index contributed by atoms with van der Waals surface area (Å²) in [5, 5.41) is 8.12. The molecule has 0 N–H and O–H groups in total. The van der Waals surface area contributed by atoms with Gasteiger partial charge in [-0.3, -0.25) is 9.69 Å². The molecular weight excluding hydrogens is 256 g/mol. The summed E-state index contributed by atoms with van der Waals surface area (Å²) in [7, 11) is 0. The Kier molecular flexibility index (Phi) is 5.11. The van der Waals surface area contributed by atoms with Crippen molar-refractivity contribution >= 4 is 5.91 Å². The Hall–Kier alpha value is -1.43. The van der Waals surface area contributed by atoms with Gasteiger partial charge in [-0.2, -0.15) is 0 Å². The van der Waals surface area contributed by atoms with E-state index in [0.717, 1.165) is 32.6 Å². The van der Waals surface area contributed by atoms with Gasteiger partial charge >= 0.3 is 0 Å².